The molecule has 1 aliphatic rings. The molecule has 16 heavy (non-hydrogen) atoms. The number of hydrogen-bond acceptors (Lipinski definition) is 2. The molecule has 1 fully saturated rings. The maximum atomic E-state index is 6.05. The summed E-state index contributed by atoms with van der Waals surface area (Å²) in [5.74, 6) is 0.872. The van der Waals surface area contributed by atoms with Crippen molar-refractivity contribution < 1.29 is 0 Å². The lowest BCUT2D eigenvalue weighted by Crippen LogP contribution is -2.16. The van der Waals surface area contributed by atoms with E-state index < -0.39 is 0 Å². The Morgan fingerprint density at radius 1 is 1.56 bits per heavy atom. The molecular formula is C12H16BrClN2. The van der Waals surface area contributed by atoms with Gasteiger partial charge in [-0.2, -0.15) is 0 Å². The zero-order valence-electron chi connectivity index (χ0n) is 9.34. The number of aromatic nitrogens is 1. The summed E-state index contributed by atoms with van der Waals surface area (Å²) < 4.78 is 0.962. The monoisotopic (exact) mass is 302 g/mol. The van der Waals surface area contributed by atoms with Gasteiger partial charge in [0.1, 0.15) is 0 Å². The molecule has 2 unspecified atom stereocenters. The molecule has 0 radical (unpaired) electrons. The maximum absolute atomic E-state index is 6.05. The van der Waals surface area contributed by atoms with E-state index in [4.69, 9.17) is 11.6 Å². The van der Waals surface area contributed by atoms with Gasteiger partial charge in [0.2, 0.25) is 0 Å². The summed E-state index contributed by atoms with van der Waals surface area (Å²) in [6, 6.07) is 2.55. The van der Waals surface area contributed by atoms with Crippen LogP contribution < -0.4 is 5.32 Å². The van der Waals surface area contributed by atoms with Crippen LogP contribution in [-0.4, -0.2) is 11.0 Å². The van der Waals surface area contributed by atoms with E-state index in [9.17, 15) is 0 Å². The number of rotatable bonds is 3. The average molecular weight is 304 g/mol. The molecule has 0 aromatic carbocycles. The first-order chi connectivity index (χ1) is 7.69. The van der Waals surface area contributed by atoms with Gasteiger partial charge in [-0.1, -0.05) is 24.9 Å². The van der Waals surface area contributed by atoms with Crippen LogP contribution in [0.15, 0.2) is 16.7 Å². The second kappa shape index (κ2) is 5.37. The van der Waals surface area contributed by atoms with E-state index in [1.807, 2.05) is 6.07 Å². The van der Waals surface area contributed by atoms with Gasteiger partial charge >= 0.3 is 0 Å². The van der Waals surface area contributed by atoms with Gasteiger partial charge in [-0.05, 0) is 47.2 Å². The third-order valence-corrected chi connectivity index (χ3v) is 4.02. The van der Waals surface area contributed by atoms with E-state index in [0.29, 0.717) is 11.2 Å². The van der Waals surface area contributed by atoms with Gasteiger partial charge in [-0.25, -0.2) is 4.98 Å². The highest BCUT2D eigenvalue weighted by atomic mass is 79.9. The summed E-state index contributed by atoms with van der Waals surface area (Å²) >= 11 is 9.46. The summed E-state index contributed by atoms with van der Waals surface area (Å²) in [4.78, 5) is 4.12. The third-order valence-electron chi connectivity index (χ3n) is 3.28. The highest BCUT2D eigenvalue weighted by Gasteiger charge is 2.23. The van der Waals surface area contributed by atoms with Gasteiger partial charge in [0.05, 0.1) is 5.69 Å². The molecule has 2 nitrogen and oxygen atoms in total. The molecule has 0 saturated heterocycles. The van der Waals surface area contributed by atoms with Gasteiger partial charge < -0.3 is 5.32 Å². The molecule has 0 spiro atoms. The number of nitrogens with one attached hydrogen (secondary N) is 1. The summed E-state index contributed by atoms with van der Waals surface area (Å²) in [6.45, 7) is 2.26. The van der Waals surface area contributed by atoms with Crippen LogP contribution in [0.1, 0.15) is 32.6 Å². The first kappa shape index (κ1) is 12.2. The minimum atomic E-state index is 0.554. The first-order valence-corrected chi connectivity index (χ1v) is 6.93. The van der Waals surface area contributed by atoms with E-state index in [1.165, 1.54) is 25.7 Å². The molecule has 0 aliphatic heterocycles. The average Bonchev–Trinajstić information content (AvgIpc) is 2.71. The molecule has 1 saturated carbocycles. The van der Waals surface area contributed by atoms with Gasteiger partial charge in [0.15, 0.2) is 5.15 Å². The van der Waals surface area contributed by atoms with Crippen molar-refractivity contribution in [3.05, 3.63) is 21.9 Å². The summed E-state index contributed by atoms with van der Waals surface area (Å²) in [7, 11) is 0. The highest BCUT2D eigenvalue weighted by molar-refractivity contribution is 9.10. The number of hydrogen-bond donors (Lipinski definition) is 1. The van der Waals surface area contributed by atoms with Crippen LogP contribution in [0.4, 0.5) is 5.69 Å². The van der Waals surface area contributed by atoms with Crippen LogP contribution in [0.25, 0.3) is 0 Å². The molecule has 88 valence electrons. The third kappa shape index (κ3) is 2.89. The molecule has 1 aromatic heterocycles. The zero-order valence-corrected chi connectivity index (χ0v) is 11.7. The summed E-state index contributed by atoms with van der Waals surface area (Å²) in [6.07, 6.45) is 6.81. The summed E-state index contributed by atoms with van der Waals surface area (Å²) in [5, 5.41) is 4.05. The van der Waals surface area contributed by atoms with Gasteiger partial charge in [0, 0.05) is 16.7 Å². The van der Waals surface area contributed by atoms with Crippen molar-refractivity contribution in [3.63, 3.8) is 0 Å². The molecule has 2 rings (SSSR count). The van der Waals surface area contributed by atoms with Gasteiger partial charge in [-0.15, -0.1) is 0 Å². The molecule has 1 aromatic rings. The Morgan fingerprint density at radius 2 is 2.38 bits per heavy atom. The maximum Gasteiger partial charge on any atom is 0.152 e. The topological polar surface area (TPSA) is 24.9 Å². The molecule has 1 heterocycles. The molecule has 1 aliphatic carbocycles. The van der Waals surface area contributed by atoms with Crippen molar-refractivity contribution in [2.24, 2.45) is 5.92 Å². The Morgan fingerprint density at radius 3 is 3.06 bits per heavy atom. The van der Waals surface area contributed by atoms with Crippen LogP contribution in [0.3, 0.4) is 0 Å². The Balaban J connectivity index is 2.01. The van der Waals surface area contributed by atoms with E-state index in [0.717, 1.165) is 16.1 Å². The van der Waals surface area contributed by atoms with Crippen molar-refractivity contribution in [2.75, 3.05) is 5.32 Å². The molecule has 0 amide bonds. The zero-order chi connectivity index (χ0) is 11.5. The van der Waals surface area contributed by atoms with Crippen molar-refractivity contribution in [3.8, 4) is 0 Å². The predicted octanol–water partition coefficient (Wildman–Crippen LogP) is 4.49. The SMILES string of the molecule is CCC1CCC(Nc2cc(Br)cnc2Cl)C1. The number of anilines is 1. The lowest BCUT2D eigenvalue weighted by atomic mass is 10.1. The van der Waals surface area contributed by atoms with Crippen LogP contribution in [0, 0.1) is 5.92 Å². The fourth-order valence-corrected chi connectivity index (χ4v) is 2.81. The van der Waals surface area contributed by atoms with E-state index in [-0.39, 0.29) is 0 Å². The molecule has 1 N–H and O–H groups in total. The minimum absolute atomic E-state index is 0.554. The number of halogens is 2. The number of nitrogens with zero attached hydrogens (tertiary/aromatic N) is 1. The van der Waals surface area contributed by atoms with Crippen molar-refractivity contribution >= 4 is 33.2 Å². The Hall–Kier alpha value is -0.280. The smallest absolute Gasteiger partial charge is 0.152 e. The second-order valence-electron chi connectivity index (χ2n) is 4.42. The lowest BCUT2D eigenvalue weighted by molar-refractivity contribution is 0.525. The van der Waals surface area contributed by atoms with Gasteiger partial charge in [0.25, 0.3) is 0 Å². The Bertz CT molecular complexity index is 370. The van der Waals surface area contributed by atoms with Crippen LogP contribution >= 0.6 is 27.5 Å². The second-order valence-corrected chi connectivity index (χ2v) is 5.69. The molecule has 4 heteroatoms. The Labute approximate surface area is 110 Å². The first-order valence-electron chi connectivity index (χ1n) is 5.76. The van der Waals surface area contributed by atoms with Crippen molar-refractivity contribution in [1.29, 1.82) is 0 Å². The normalized spacial score (nSPS) is 24.7. The molecule has 2 atom stereocenters. The minimum Gasteiger partial charge on any atom is -0.380 e. The van der Waals surface area contributed by atoms with E-state index >= 15 is 0 Å². The van der Waals surface area contributed by atoms with Crippen LogP contribution in [0.2, 0.25) is 5.15 Å². The Kier molecular flexibility index (Phi) is 4.09. The molecule has 0 bridgehead atoms. The van der Waals surface area contributed by atoms with Crippen molar-refractivity contribution in [2.45, 2.75) is 38.6 Å². The lowest BCUT2D eigenvalue weighted by Gasteiger charge is -2.15. The van der Waals surface area contributed by atoms with Gasteiger partial charge in [-0.3, -0.25) is 0 Å². The van der Waals surface area contributed by atoms with Crippen LogP contribution in [-0.2, 0) is 0 Å². The number of pyridine rings is 1. The van der Waals surface area contributed by atoms with E-state index in [2.05, 4.69) is 33.2 Å². The highest BCUT2D eigenvalue weighted by Crippen LogP contribution is 2.32. The standard InChI is InChI=1S/C12H16BrClN2/c1-2-8-3-4-10(5-8)16-11-6-9(13)7-15-12(11)14/h6-8,10,16H,2-5H2,1H3. The van der Waals surface area contributed by atoms with E-state index in [1.54, 1.807) is 6.20 Å². The quantitative estimate of drug-likeness (QED) is 0.832. The molecular weight excluding hydrogens is 288 g/mol. The fourth-order valence-electron chi connectivity index (χ4n) is 2.32. The fraction of sp³-hybridized carbons (Fsp3) is 0.583. The van der Waals surface area contributed by atoms with Crippen molar-refractivity contribution in [1.82, 2.24) is 4.98 Å². The largest absolute Gasteiger partial charge is 0.380 e. The summed E-state index contributed by atoms with van der Waals surface area (Å²) in [5.41, 5.74) is 0.942. The predicted molar refractivity (Wildman–Crippen MR) is 72.0 cm³/mol. The van der Waals surface area contributed by atoms with Crippen LogP contribution in [0.5, 0.6) is 0 Å².